The minimum absolute atomic E-state index is 0.233. The maximum atomic E-state index is 5.57. The van der Waals surface area contributed by atoms with E-state index in [2.05, 4.69) is 45.0 Å². The Bertz CT molecular complexity index is 212. The number of hydrogen-bond donors (Lipinski definition) is 1. The molecule has 102 valence electrons. The Morgan fingerprint density at radius 2 is 2.00 bits per heavy atom. The molecular weight excluding hydrogens is 212 g/mol. The van der Waals surface area contributed by atoms with Gasteiger partial charge in [0, 0.05) is 24.1 Å². The second-order valence-corrected chi connectivity index (χ2v) is 5.27. The van der Waals surface area contributed by atoms with E-state index in [4.69, 9.17) is 4.74 Å². The van der Waals surface area contributed by atoms with E-state index in [0.29, 0.717) is 12.0 Å². The fraction of sp³-hybridized carbons (Fsp3) is 1.00. The molecule has 1 N–H and O–H groups in total. The lowest BCUT2D eigenvalue weighted by Crippen LogP contribution is -2.61. The quantitative estimate of drug-likeness (QED) is 0.740. The average Bonchev–Trinajstić information content (AvgIpc) is 2.85. The van der Waals surface area contributed by atoms with Gasteiger partial charge in [-0.05, 0) is 39.9 Å². The third-order valence-corrected chi connectivity index (χ3v) is 4.62. The highest BCUT2D eigenvalue weighted by atomic mass is 16.5. The number of likely N-dealkylation sites (N-methyl/N-ethyl adjacent to an activating group) is 2. The molecular formula is C14H30N2O. The summed E-state index contributed by atoms with van der Waals surface area (Å²) in [5.41, 5.74) is 0.233. The fourth-order valence-corrected chi connectivity index (χ4v) is 3.46. The van der Waals surface area contributed by atoms with Crippen LogP contribution in [0, 0.1) is 5.92 Å². The van der Waals surface area contributed by atoms with Gasteiger partial charge in [0.25, 0.3) is 0 Å². The van der Waals surface area contributed by atoms with Gasteiger partial charge in [0.15, 0.2) is 0 Å². The predicted octanol–water partition coefficient (Wildman–Crippen LogP) is 2.12. The Kier molecular flexibility index (Phi) is 5.90. The molecule has 1 fully saturated rings. The molecule has 1 saturated heterocycles. The van der Waals surface area contributed by atoms with Crippen molar-refractivity contribution >= 4 is 0 Å². The van der Waals surface area contributed by atoms with Crippen LogP contribution < -0.4 is 5.32 Å². The van der Waals surface area contributed by atoms with E-state index in [0.717, 1.165) is 26.3 Å². The van der Waals surface area contributed by atoms with Crippen LogP contribution in [0.5, 0.6) is 0 Å². The Balaban J connectivity index is 2.86. The monoisotopic (exact) mass is 242 g/mol. The lowest BCUT2D eigenvalue weighted by atomic mass is 9.79. The van der Waals surface area contributed by atoms with Crippen LogP contribution in [0.15, 0.2) is 0 Å². The van der Waals surface area contributed by atoms with Crippen molar-refractivity contribution in [3.8, 4) is 0 Å². The van der Waals surface area contributed by atoms with Gasteiger partial charge in [0.1, 0.15) is 0 Å². The first-order valence-electron chi connectivity index (χ1n) is 7.14. The molecule has 3 nitrogen and oxygen atoms in total. The molecule has 0 aliphatic carbocycles. The Morgan fingerprint density at radius 3 is 2.35 bits per heavy atom. The summed E-state index contributed by atoms with van der Waals surface area (Å²) in [6.45, 7) is 13.3. The molecule has 0 aromatic rings. The van der Waals surface area contributed by atoms with Crippen LogP contribution in [0.3, 0.4) is 0 Å². The second-order valence-electron chi connectivity index (χ2n) is 5.27. The summed E-state index contributed by atoms with van der Waals surface area (Å²) in [6.07, 6.45) is 2.37. The van der Waals surface area contributed by atoms with Gasteiger partial charge in [-0.15, -0.1) is 0 Å². The molecule has 0 aromatic heterocycles. The van der Waals surface area contributed by atoms with Crippen molar-refractivity contribution in [2.24, 2.45) is 5.92 Å². The lowest BCUT2D eigenvalue weighted by Gasteiger charge is -2.47. The van der Waals surface area contributed by atoms with E-state index in [1.807, 2.05) is 0 Å². The van der Waals surface area contributed by atoms with Crippen molar-refractivity contribution < 1.29 is 4.74 Å². The van der Waals surface area contributed by atoms with Crippen LogP contribution >= 0.6 is 0 Å². The zero-order valence-electron chi connectivity index (χ0n) is 12.3. The van der Waals surface area contributed by atoms with Gasteiger partial charge in [0.2, 0.25) is 0 Å². The second kappa shape index (κ2) is 6.72. The van der Waals surface area contributed by atoms with Crippen molar-refractivity contribution in [1.82, 2.24) is 10.2 Å². The molecule has 1 rings (SSSR count). The van der Waals surface area contributed by atoms with E-state index in [1.54, 1.807) is 0 Å². The van der Waals surface area contributed by atoms with E-state index < -0.39 is 0 Å². The van der Waals surface area contributed by atoms with Crippen molar-refractivity contribution in [1.29, 1.82) is 0 Å². The van der Waals surface area contributed by atoms with Crippen LogP contribution in [0.4, 0.5) is 0 Å². The first kappa shape index (κ1) is 14.9. The highest BCUT2D eigenvalue weighted by molar-refractivity contribution is 4.99. The summed E-state index contributed by atoms with van der Waals surface area (Å²) >= 11 is 0. The SMILES string of the molecule is CCN(CC)C(C)(CC)C(NC)C1CCOC1. The standard InChI is InChI=1S/C14H30N2O/c1-6-14(4,16(7-2)8-3)13(15-5)12-9-10-17-11-12/h12-13,15H,6-11H2,1-5H3. The average molecular weight is 242 g/mol. The maximum Gasteiger partial charge on any atom is 0.0510 e. The fourth-order valence-electron chi connectivity index (χ4n) is 3.46. The first-order chi connectivity index (χ1) is 8.13. The van der Waals surface area contributed by atoms with E-state index in [9.17, 15) is 0 Å². The first-order valence-corrected chi connectivity index (χ1v) is 7.14. The Morgan fingerprint density at radius 1 is 1.35 bits per heavy atom. The molecule has 17 heavy (non-hydrogen) atoms. The van der Waals surface area contributed by atoms with Crippen LogP contribution in [0.25, 0.3) is 0 Å². The van der Waals surface area contributed by atoms with Gasteiger partial charge >= 0.3 is 0 Å². The summed E-state index contributed by atoms with van der Waals surface area (Å²) < 4.78 is 5.57. The number of nitrogens with one attached hydrogen (secondary N) is 1. The molecule has 1 aliphatic heterocycles. The van der Waals surface area contributed by atoms with Crippen LogP contribution in [-0.2, 0) is 4.74 Å². The topological polar surface area (TPSA) is 24.5 Å². The summed E-state index contributed by atoms with van der Waals surface area (Å²) in [5.74, 6) is 0.658. The molecule has 0 saturated carbocycles. The molecule has 3 atom stereocenters. The molecule has 0 spiro atoms. The minimum atomic E-state index is 0.233. The summed E-state index contributed by atoms with van der Waals surface area (Å²) in [4.78, 5) is 2.59. The highest BCUT2D eigenvalue weighted by Gasteiger charge is 2.41. The number of rotatable bonds is 7. The molecule has 0 amide bonds. The third-order valence-electron chi connectivity index (χ3n) is 4.62. The molecule has 0 radical (unpaired) electrons. The number of nitrogens with zero attached hydrogens (tertiary/aromatic N) is 1. The van der Waals surface area contributed by atoms with Gasteiger partial charge in [-0.25, -0.2) is 0 Å². The highest BCUT2D eigenvalue weighted by Crippen LogP contribution is 2.31. The van der Waals surface area contributed by atoms with Gasteiger partial charge in [-0.2, -0.15) is 0 Å². The van der Waals surface area contributed by atoms with Gasteiger partial charge in [-0.1, -0.05) is 20.8 Å². The zero-order valence-corrected chi connectivity index (χ0v) is 12.3. The zero-order chi connectivity index (χ0) is 12.9. The van der Waals surface area contributed by atoms with E-state index in [-0.39, 0.29) is 5.54 Å². The lowest BCUT2D eigenvalue weighted by molar-refractivity contribution is 0.0448. The smallest absolute Gasteiger partial charge is 0.0510 e. The van der Waals surface area contributed by atoms with Gasteiger partial charge < -0.3 is 10.1 Å². The van der Waals surface area contributed by atoms with Crippen molar-refractivity contribution in [2.75, 3.05) is 33.4 Å². The van der Waals surface area contributed by atoms with Crippen molar-refractivity contribution in [3.63, 3.8) is 0 Å². The summed E-state index contributed by atoms with van der Waals surface area (Å²) in [5, 5.41) is 3.56. The Labute approximate surface area is 107 Å². The van der Waals surface area contributed by atoms with E-state index >= 15 is 0 Å². The minimum Gasteiger partial charge on any atom is -0.381 e. The van der Waals surface area contributed by atoms with Crippen molar-refractivity contribution in [2.45, 2.75) is 52.1 Å². The number of hydrogen-bond acceptors (Lipinski definition) is 3. The third kappa shape index (κ3) is 3.01. The molecule has 1 aliphatic rings. The van der Waals surface area contributed by atoms with E-state index in [1.165, 1.54) is 12.8 Å². The molecule has 3 unspecified atom stereocenters. The Hall–Kier alpha value is -0.120. The normalized spacial score (nSPS) is 26.1. The molecule has 3 heteroatoms. The van der Waals surface area contributed by atoms with Gasteiger partial charge in [-0.3, -0.25) is 4.90 Å². The summed E-state index contributed by atoms with van der Waals surface area (Å²) in [6, 6.07) is 0.523. The van der Waals surface area contributed by atoms with Gasteiger partial charge in [0.05, 0.1) is 6.61 Å². The van der Waals surface area contributed by atoms with Crippen LogP contribution in [0.1, 0.15) is 40.5 Å². The number of ether oxygens (including phenoxy) is 1. The largest absolute Gasteiger partial charge is 0.381 e. The maximum absolute atomic E-state index is 5.57. The van der Waals surface area contributed by atoms with Crippen LogP contribution in [-0.4, -0.2) is 49.8 Å². The summed E-state index contributed by atoms with van der Waals surface area (Å²) in [7, 11) is 2.10. The van der Waals surface area contributed by atoms with Crippen LogP contribution in [0.2, 0.25) is 0 Å². The predicted molar refractivity (Wildman–Crippen MR) is 73.4 cm³/mol. The molecule has 1 heterocycles. The molecule has 0 bridgehead atoms. The molecule has 0 aromatic carbocycles. The van der Waals surface area contributed by atoms with Crippen molar-refractivity contribution in [3.05, 3.63) is 0 Å².